The SMILES string of the molecule is Cc1cccc(CN(C(=O)CN(c2ccc(C)c(C)c2)S(C)(=O)=O)C(C)C(=O)NCC(C)C)c1. The first kappa shape index (κ1) is 27.4. The number of hydrogen-bond donors (Lipinski definition) is 1. The summed E-state index contributed by atoms with van der Waals surface area (Å²) in [6.45, 7) is 11.7. The van der Waals surface area contributed by atoms with Crippen LogP contribution in [0.15, 0.2) is 42.5 Å². The van der Waals surface area contributed by atoms with Gasteiger partial charge in [0.15, 0.2) is 0 Å². The highest BCUT2D eigenvalue weighted by Crippen LogP contribution is 2.22. The molecule has 0 aliphatic carbocycles. The number of aryl methyl sites for hydroxylation is 3. The van der Waals surface area contributed by atoms with E-state index in [1.165, 1.54) is 4.90 Å². The second kappa shape index (κ2) is 11.5. The first-order valence-electron chi connectivity index (χ1n) is 11.5. The van der Waals surface area contributed by atoms with Crippen LogP contribution < -0.4 is 9.62 Å². The van der Waals surface area contributed by atoms with Gasteiger partial charge in [-0.05, 0) is 62.4 Å². The van der Waals surface area contributed by atoms with Crippen molar-refractivity contribution < 1.29 is 18.0 Å². The number of anilines is 1. The fourth-order valence-corrected chi connectivity index (χ4v) is 4.38. The molecule has 0 saturated carbocycles. The fraction of sp³-hybridized carbons (Fsp3) is 0.462. The van der Waals surface area contributed by atoms with E-state index in [0.29, 0.717) is 12.2 Å². The molecule has 0 heterocycles. The van der Waals surface area contributed by atoms with Crippen LogP contribution in [0.5, 0.6) is 0 Å². The van der Waals surface area contributed by atoms with E-state index in [-0.39, 0.29) is 18.4 Å². The van der Waals surface area contributed by atoms with Crippen molar-refractivity contribution in [3.63, 3.8) is 0 Å². The number of hydrogen-bond acceptors (Lipinski definition) is 4. The highest BCUT2D eigenvalue weighted by molar-refractivity contribution is 7.92. The Hall–Kier alpha value is -2.87. The summed E-state index contributed by atoms with van der Waals surface area (Å²) in [4.78, 5) is 27.8. The zero-order valence-corrected chi connectivity index (χ0v) is 22.1. The molecule has 0 fully saturated rings. The van der Waals surface area contributed by atoms with Gasteiger partial charge in [0, 0.05) is 13.1 Å². The molecule has 0 aromatic heterocycles. The summed E-state index contributed by atoms with van der Waals surface area (Å²) in [5.41, 5.74) is 4.28. The normalized spacial score (nSPS) is 12.4. The molecule has 0 aliphatic rings. The number of sulfonamides is 1. The zero-order chi connectivity index (χ0) is 25.6. The van der Waals surface area contributed by atoms with Crippen molar-refractivity contribution in [2.45, 2.75) is 54.1 Å². The van der Waals surface area contributed by atoms with Gasteiger partial charge in [0.05, 0.1) is 11.9 Å². The molecule has 34 heavy (non-hydrogen) atoms. The maximum atomic E-state index is 13.5. The number of nitrogens with one attached hydrogen (secondary N) is 1. The summed E-state index contributed by atoms with van der Waals surface area (Å²) in [5.74, 6) is -0.452. The second-order valence-corrected chi connectivity index (χ2v) is 11.3. The van der Waals surface area contributed by atoms with Crippen molar-refractivity contribution in [1.29, 1.82) is 0 Å². The van der Waals surface area contributed by atoms with Gasteiger partial charge in [-0.15, -0.1) is 0 Å². The summed E-state index contributed by atoms with van der Waals surface area (Å²) in [7, 11) is -3.74. The molecular weight excluding hydrogens is 450 g/mol. The Morgan fingerprint density at radius 3 is 2.21 bits per heavy atom. The topological polar surface area (TPSA) is 86.8 Å². The Bertz CT molecular complexity index is 1130. The van der Waals surface area contributed by atoms with E-state index in [0.717, 1.165) is 32.8 Å². The average Bonchev–Trinajstić information content (AvgIpc) is 2.74. The summed E-state index contributed by atoms with van der Waals surface area (Å²) < 4.78 is 26.4. The minimum atomic E-state index is -3.74. The van der Waals surface area contributed by atoms with E-state index in [2.05, 4.69) is 5.32 Å². The van der Waals surface area contributed by atoms with Crippen LogP contribution >= 0.6 is 0 Å². The van der Waals surface area contributed by atoms with E-state index >= 15 is 0 Å². The van der Waals surface area contributed by atoms with Crippen molar-refractivity contribution in [3.05, 3.63) is 64.7 Å². The number of carbonyl (C=O) groups is 2. The number of carbonyl (C=O) groups excluding carboxylic acids is 2. The molecule has 0 saturated heterocycles. The van der Waals surface area contributed by atoms with E-state index < -0.39 is 28.5 Å². The van der Waals surface area contributed by atoms with Gasteiger partial charge < -0.3 is 10.2 Å². The highest BCUT2D eigenvalue weighted by Gasteiger charge is 2.30. The van der Waals surface area contributed by atoms with Crippen LogP contribution in [0.3, 0.4) is 0 Å². The molecule has 7 nitrogen and oxygen atoms in total. The molecule has 0 spiro atoms. The van der Waals surface area contributed by atoms with Crippen molar-refractivity contribution >= 4 is 27.5 Å². The van der Waals surface area contributed by atoms with Gasteiger partial charge in [-0.25, -0.2) is 8.42 Å². The quantitative estimate of drug-likeness (QED) is 0.555. The van der Waals surface area contributed by atoms with Crippen LogP contribution in [-0.4, -0.2) is 50.5 Å². The number of amides is 2. The maximum Gasteiger partial charge on any atom is 0.244 e. The molecule has 8 heteroatoms. The Morgan fingerprint density at radius 2 is 1.65 bits per heavy atom. The summed E-state index contributed by atoms with van der Waals surface area (Å²) in [6, 6.07) is 12.2. The third-order valence-corrected chi connectivity index (χ3v) is 6.89. The van der Waals surface area contributed by atoms with Gasteiger partial charge >= 0.3 is 0 Å². The predicted molar refractivity (Wildman–Crippen MR) is 137 cm³/mol. The lowest BCUT2D eigenvalue weighted by Gasteiger charge is -2.31. The van der Waals surface area contributed by atoms with Crippen molar-refractivity contribution in [2.24, 2.45) is 5.92 Å². The monoisotopic (exact) mass is 487 g/mol. The Balaban J connectivity index is 2.39. The van der Waals surface area contributed by atoms with Crippen molar-refractivity contribution in [1.82, 2.24) is 10.2 Å². The van der Waals surface area contributed by atoms with E-state index in [1.54, 1.807) is 19.1 Å². The molecule has 1 N–H and O–H groups in total. The van der Waals surface area contributed by atoms with E-state index in [9.17, 15) is 18.0 Å². The summed E-state index contributed by atoms with van der Waals surface area (Å²) >= 11 is 0. The predicted octanol–water partition coefficient (Wildman–Crippen LogP) is 3.57. The first-order valence-corrected chi connectivity index (χ1v) is 13.3. The van der Waals surface area contributed by atoms with Gasteiger partial charge in [-0.3, -0.25) is 13.9 Å². The Kier molecular flexibility index (Phi) is 9.27. The standard InChI is InChI=1S/C26H37N3O4S/c1-18(2)15-27-26(31)22(6)28(16-23-10-8-9-19(3)13-23)25(30)17-29(34(7,32)33)24-12-11-20(4)21(5)14-24/h8-14,18,22H,15-17H2,1-7H3,(H,27,31). The van der Waals surface area contributed by atoms with Crippen LogP contribution in [0.25, 0.3) is 0 Å². The maximum absolute atomic E-state index is 13.5. The lowest BCUT2D eigenvalue weighted by Crippen LogP contribution is -2.51. The Labute approximate surface area is 204 Å². The minimum Gasteiger partial charge on any atom is -0.354 e. The molecule has 2 aromatic carbocycles. The van der Waals surface area contributed by atoms with Crippen LogP contribution in [0, 0.1) is 26.7 Å². The largest absolute Gasteiger partial charge is 0.354 e. The summed E-state index contributed by atoms with van der Waals surface area (Å²) in [6.07, 6.45) is 1.08. The fourth-order valence-electron chi connectivity index (χ4n) is 3.54. The molecular formula is C26H37N3O4S. The second-order valence-electron chi connectivity index (χ2n) is 9.36. The van der Waals surface area contributed by atoms with Gasteiger partial charge in [-0.2, -0.15) is 0 Å². The average molecular weight is 488 g/mol. The highest BCUT2D eigenvalue weighted by atomic mass is 32.2. The van der Waals surface area contributed by atoms with E-state index in [4.69, 9.17) is 0 Å². The molecule has 0 aliphatic heterocycles. The third kappa shape index (κ3) is 7.58. The van der Waals surface area contributed by atoms with Gasteiger partial charge in [0.2, 0.25) is 21.8 Å². The molecule has 2 amide bonds. The molecule has 2 rings (SSSR count). The first-order chi connectivity index (χ1) is 15.8. The van der Waals surface area contributed by atoms with Crippen molar-refractivity contribution in [3.8, 4) is 0 Å². The minimum absolute atomic E-state index is 0.196. The van der Waals surface area contributed by atoms with Gasteiger partial charge in [-0.1, -0.05) is 49.7 Å². The molecule has 186 valence electrons. The number of rotatable bonds is 10. The van der Waals surface area contributed by atoms with Crippen LogP contribution in [0.2, 0.25) is 0 Å². The molecule has 1 unspecified atom stereocenters. The van der Waals surface area contributed by atoms with E-state index in [1.807, 2.05) is 65.0 Å². The molecule has 0 bridgehead atoms. The third-order valence-electron chi connectivity index (χ3n) is 5.74. The van der Waals surface area contributed by atoms with Gasteiger partial charge in [0.1, 0.15) is 12.6 Å². The molecule has 1 atom stereocenters. The Morgan fingerprint density at radius 1 is 0.971 bits per heavy atom. The lowest BCUT2D eigenvalue weighted by atomic mass is 10.1. The van der Waals surface area contributed by atoms with Crippen LogP contribution in [0.4, 0.5) is 5.69 Å². The molecule has 2 aromatic rings. The molecule has 0 radical (unpaired) electrons. The zero-order valence-electron chi connectivity index (χ0n) is 21.3. The van der Waals surface area contributed by atoms with Crippen molar-refractivity contribution in [2.75, 3.05) is 23.7 Å². The summed E-state index contributed by atoms with van der Waals surface area (Å²) in [5, 5.41) is 2.88. The number of nitrogens with zero attached hydrogens (tertiary/aromatic N) is 2. The van der Waals surface area contributed by atoms with Crippen LogP contribution in [0.1, 0.15) is 43.0 Å². The lowest BCUT2D eigenvalue weighted by molar-refractivity contribution is -0.139. The number of benzene rings is 2. The van der Waals surface area contributed by atoms with Crippen LogP contribution in [-0.2, 0) is 26.2 Å². The van der Waals surface area contributed by atoms with Gasteiger partial charge in [0.25, 0.3) is 0 Å². The smallest absolute Gasteiger partial charge is 0.244 e.